The zero-order chi connectivity index (χ0) is 14.7. The Morgan fingerprint density at radius 3 is 2.80 bits per heavy atom. The number of carboxylic acid groups (broad SMARTS) is 1. The molecule has 1 amide bonds. The third-order valence-corrected chi connectivity index (χ3v) is 3.68. The van der Waals surface area contributed by atoms with Crippen molar-refractivity contribution in [2.75, 3.05) is 13.7 Å². The maximum absolute atomic E-state index is 12.6. The highest BCUT2D eigenvalue weighted by atomic mass is 35.5. The van der Waals surface area contributed by atoms with Gasteiger partial charge in [0.15, 0.2) is 0 Å². The number of ether oxygens (including phenoxy) is 1. The molecule has 0 unspecified atom stereocenters. The highest BCUT2D eigenvalue weighted by Crippen LogP contribution is 2.27. The van der Waals surface area contributed by atoms with Crippen LogP contribution in [0, 0.1) is 0 Å². The van der Waals surface area contributed by atoms with E-state index in [1.165, 1.54) is 18.1 Å². The largest absolute Gasteiger partial charge is 0.496 e. The number of nitrogens with zero attached hydrogens (tertiary/aromatic N) is 1. The highest BCUT2D eigenvalue weighted by molar-refractivity contribution is 6.31. The first kappa shape index (κ1) is 14.7. The van der Waals surface area contributed by atoms with Gasteiger partial charge in [0.05, 0.1) is 12.7 Å². The second-order valence-corrected chi connectivity index (χ2v) is 5.13. The Kier molecular flexibility index (Phi) is 4.49. The van der Waals surface area contributed by atoms with Crippen LogP contribution in [0.4, 0.5) is 0 Å². The van der Waals surface area contributed by atoms with Crippen molar-refractivity contribution in [3.63, 3.8) is 0 Å². The molecular formula is C14H16ClNO4. The molecule has 1 N–H and O–H groups in total. The first-order valence-corrected chi connectivity index (χ1v) is 6.79. The molecule has 5 nitrogen and oxygen atoms in total. The molecule has 0 spiro atoms. The molecule has 1 fully saturated rings. The molecule has 6 heteroatoms. The van der Waals surface area contributed by atoms with Crippen LogP contribution in [0.15, 0.2) is 18.2 Å². The average Bonchev–Trinajstić information content (AvgIpc) is 2.46. The van der Waals surface area contributed by atoms with Crippen molar-refractivity contribution in [2.24, 2.45) is 0 Å². The number of likely N-dealkylation sites (tertiary alicyclic amines) is 1. The van der Waals surface area contributed by atoms with E-state index in [1.807, 2.05) is 0 Å². The lowest BCUT2D eigenvalue weighted by molar-refractivity contribution is -0.143. The van der Waals surface area contributed by atoms with Gasteiger partial charge in [-0.2, -0.15) is 0 Å². The van der Waals surface area contributed by atoms with E-state index in [0.717, 1.165) is 12.8 Å². The van der Waals surface area contributed by atoms with Crippen LogP contribution in [0.25, 0.3) is 0 Å². The van der Waals surface area contributed by atoms with E-state index >= 15 is 0 Å². The van der Waals surface area contributed by atoms with Crippen LogP contribution in [0.1, 0.15) is 29.6 Å². The molecule has 1 saturated heterocycles. The maximum atomic E-state index is 12.6. The summed E-state index contributed by atoms with van der Waals surface area (Å²) in [6.07, 6.45) is 2.09. The summed E-state index contributed by atoms with van der Waals surface area (Å²) in [5.41, 5.74) is 0.299. The molecule has 0 aliphatic carbocycles. The van der Waals surface area contributed by atoms with Crippen LogP contribution in [-0.4, -0.2) is 41.6 Å². The van der Waals surface area contributed by atoms with Crippen LogP contribution >= 0.6 is 11.6 Å². The minimum atomic E-state index is -0.973. The smallest absolute Gasteiger partial charge is 0.326 e. The van der Waals surface area contributed by atoms with Gasteiger partial charge in [0.25, 0.3) is 5.91 Å². The van der Waals surface area contributed by atoms with E-state index in [-0.39, 0.29) is 5.91 Å². The molecule has 1 aliphatic rings. The standard InChI is InChI=1S/C14H16ClNO4/c1-20-12-6-5-9(15)8-10(12)13(17)16-7-3-2-4-11(16)14(18)19/h5-6,8,11H,2-4,7H2,1H3,(H,18,19)/t11-/m1/s1. The topological polar surface area (TPSA) is 66.8 Å². The molecule has 1 aliphatic heterocycles. The Hall–Kier alpha value is -1.75. The maximum Gasteiger partial charge on any atom is 0.326 e. The Morgan fingerprint density at radius 1 is 1.40 bits per heavy atom. The number of carbonyl (C=O) groups is 2. The van der Waals surface area contributed by atoms with Gasteiger partial charge in [0.1, 0.15) is 11.8 Å². The number of carbonyl (C=O) groups excluding carboxylic acids is 1. The van der Waals surface area contributed by atoms with Gasteiger partial charge in [0.2, 0.25) is 0 Å². The third-order valence-electron chi connectivity index (χ3n) is 3.44. The second-order valence-electron chi connectivity index (χ2n) is 4.69. The van der Waals surface area contributed by atoms with Gasteiger partial charge >= 0.3 is 5.97 Å². The van der Waals surface area contributed by atoms with Gasteiger partial charge in [-0.1, -0.05) is 11.6 Å². The minimum Gasteiger partial charge on any atom is -0.496 e. The van der Waals surface area contributed by atoms with E-state index in [9.17, 15) is 14.7 Å². The fourth-order valence-electron chi connectivity index (χ4n) is 2.43. The average molecular weight is 298 g/mol. The summed E-state index contributed by atoms with van der Waals surface area (Å²) >= 11 is 5.91. The van der Waals surface area contributed by atoms with Crippen molar-refractivity contribution in [3.8, 4) is 5.75 Å². The molecule has 20 heavy (non-hydrogen) atoms. The lowest BCUT2D eigenvalue weighted by Crippen LogP contribution is -2.48. The number of hydrogen-bond donors (Lipinski definition) is 1. The Labute approximate surface area is 122 Å². The molecule has 0 saturated carbocycles. The van der Waals surface area contributed by atoms with Crippen LogP contribution in [0.3, 0.4) is 0 Å². The van der Waals surface area contributed by atoms with Crippen LogP contribution in [0.5, 0.6) is 5.75 Å². The summed E-state index contributed by atoms with van der Waals surface area (Å²) in [6.45, 7) is 0.436. The van der Waals surface area contributed by atoms with Crippen molar-refractivity contribution in [1.29, 1.82) is 0 Å². The molecule has 2 rings (SSSR count). The third kappa shape index (κ3) is 2.88. The van der Waals surface area contributed by atoms with Crippen molar-refractivity contribution in [1.82, 2.24) is 4.90 Å². The van der Waals surface area contributed by atoms with E-state index in [0.29, 0.717) is 29.3 Å². The summed E-state index contributed by atoms with van der Waals surface area (Å²) in [5, 5.41) is 9.65. The highest BCUT2D eigenvalue weighted by Gasteiger charge is 2.33. The van der Waals surface area contributed by atoms with Crippen molar-refractivity contribution >= 4 is 23.5 Å². The van der Waals surface area contributed by atoms with Crippen molar-refractivity contribution < 1.29 is 19.4 Å². The summed E-state index contributed by atoms with van der Waals surface area (Å²) in [5.74, 6) is -0.926. The van der Waals surface area contributed by atoms with Gasteiger partial charge in [-0.3, -0.25) is 4.79 Å². The molecule has 108 valence electrons. The number of carboxylic acids is 1. The van der Waals surface area contributed by atoms with E-state index in [4.69, 9.17) is 16.3 Å². The zero-order valence-electron chi connectivity index (χ0n) is 11.1. The number of rotatable bonds is 3. The van der Waals surface area contributed by atoms with Crippen LogP contribution in [-0.2, 0) is 4.79 Å². The SMILES string of the molecule is COc1ccc(Cl)cc1C(=O)N1CCCC[C@@H]1C(=O)O. The zero-order valence-corrected chi connectivity index (χ0v) is 11.9. The number of methoxy groups -OCH3 is 1. The number of benzene rings is 1. The summed E-state index contributed by atoms with van der Waals surface area (Å²) in [4.78, 5) is 25.2. The van der Waals surface area contributed by atoms with Crippen LogP contribution < -0.4 is 4.74 Å². The lowest BCUT2D eigenvalue weighted by Gasteiger charge is -2.33. The Bertz CT molecular complexity index is 532. The minimum absolute atomic E-state index is 0.299. The Balaban J connectivity index is 2.34. The van der Waals surface area contributed by atoms with Gasteiger partial charge in [-0.05, 0) is 37.5 Å². The first-order chi connectivity index (χ1) is 9.54. The monoisotopic (exact) mass is 297 g/mol. The predicted molar refractivity (Wildman–Crippen MR) is 74.3 cm³/mol. The lowest BCUT2D eigenvalue weighted by atomic mass is 10.0. The summed E-state index contributed by atoms with van der Waals surface area (Å²) < 4.78 is 5.15. The predicted octanol–water partition coefficient (Wildman–Crippen LogP) is 2.43. The normalized spacial score (nSPS) is 18.7. The number of amides is 1. The Morgan fingerprint density at radius 2 is 2.15 bits per heavy atom. The number of halogens is 1. The van der Waals surface area contributed by atoms with Gasteiger partial charge in [-0.15, -0.1) is 0 Å². The fraction of sp³-hybridized carbons (Fsp3) is 0.429. The second kappa shape index (κ2) is 6.13. The van der Waals surface area contributed by atoms with Crippen molar-refractivity contribution in [3.05, 3.63) is 28.8 Å². The first-order valence-electron chi connectivity index (χ1n) is 6.42. The molecule has 1 aromatic rings. The fourth-order valence-corrected chi connectivity index (χ4v) is 2.61. The summed E-state index contributed by atoms with van der Waals surface area (Å²) in [7, 11) is 1.46. The number of hydrogen-bond acceptors (Lipinski definition) is 3. The molecular weight excluding hydrogens is 282 g/mol. The van der Waals surface area contributed by atoms with Crippen LogP contribution in [0.2, 0.25) is 5.02 Å². The quantitative estimate of drug-likeness (QED) is 0.930. The summed E-state index contributed by atoms with van der Waals surface area (Å²) in [6, 6.07) is 3.97. The molecule has 1 aromatic carbocycles. The molecule has 0 bridgehead atoms. The molecule has 1 heterocycles. The van der Waals surface area contributed by atoms with Gasteiger partial charge < -0.3 is 14.7 Å². The van der Waals surface area contributed by atoms with Gasteiger partial charge in [-0.25, -0.2) is 4.79 Å². The molecule has 0 radical (unpaired) electrons. The molecule has 1 atom stereocenters. The number of piperidine rings is 1. The van der Waals surface area contributed by atoms with E-state index < -0.39 is 12.0 Å². The van der Waals surface area contributed by atoms with Crippen molar-refractivity contribution in [2.45, 2.75) is 25.3 Å². The molecule has 0 aromatic heterocycles. The van der Waals surface area contributed by atoms with Gasteiger partial charge in [0, 0.05) is 11.6 Å². The van der Waals surface area contributed by atoms with E-state index in [2.05, 4.69) is 0 Å². The van der Waals surface area contributed by atoms with E-state index in [1.54, 1.807) is 12.1 Å². The number of aliphatic carboxylic acids is 1.